The minimum Gasteiger partial charge on any atom is -0.472 e. The Morgan fingerprint density at radius 1 is 1.50 bits per heavy atom. The number of carbonyl (C=O) groups is 1. The monoisotopic (exact) mass is 281 g/mol. The summed E-state index contributed by atoms with van der Waals surface area (Å²) in [6.45, 7) is -0.00946. The molecule has 0 fully saturated rings. The van der Waals surface area contributed by atoms with E-state index in [-0.39, 0.29) is 25.8 Å². The first-order valence-corrected chi connectivity index (χ1v) is 6.00. The van der Waals surface area contributed by atoms with Crippen LogP contribution >= 0.6 is 0 Å². The summed E-state index contributed by atoms with van der Waals surface area (Å²) >= 11 is 0. The van der Waals surface area contributed by atoms with Crippen molar-refractivity contribution in [2.45, 2.75) is 0 Å². The van der Waals surface area contributed by atoms with Crippen LogP contribution in [-0.4, -0.2) is 49.9 Å². The molecule has 0 spiro atoms. The number of benzene rings is 1. The first kappa shape index (κ1) is 13.9. The predicted molar refractivity (Wildman–Crippen MR) is 70.2 cm³/mol. The number of ether oxygens (including phenoxy) is 1. The fourth-order valence-electron chi connectivity index (χ4n) is 1.86. The van der Waals surface area contributed by atoms with E-state index in [0.717, 1.165) is 5.69 Å². The van der Waals surface area contributed by atoms with Gasteiger partial charge in [0.15, 0.2) is 6.73 Å². The molecule has 0 aliphatic carbocycles. The molecule has 0 bridgehead atoms. The van der Waals surface area contributed by atoms with Gasteiger partial charge in [-0.2, -0.15) is 0 Å². The molecule has 0 N–H and O–H groups in total. The summed E-state index contributed by atoms with van der Waals surface area (Å²) in [6, 6.07) is 5.34. The van der Waals surface area contributed by atoms with Crippen LogP contribution < -0.4 is 9.64 Å². The average Bonchev–Trinajstić information content (AvgIpc) is 2.40. The zero-order chi connectivity index (χ0) is 14.7. The molecule has 0 saturated heterocycles. The molecule has 0 unspecified atom stereocenters. The Bertz CT molecular complexity index is 532. The number of hydrogen-bond acceptors (Lipinski definition) is 6. The molecule has 8 nitrogen and oxygen atoms in total. The molecule has 8 heteroatoms. The van der Waals surface area contributed by atoms with E-state index in [1.807, 2.05) is 25.1 Å². The maximum absolute atomic E-state index is 12.3. The van der Waals surface area contributed by atoms with Crippen molar-refractivity contribution in [3.8, 4) is 5.75 Å². The lowest BCUT2D eigenvalue weighted by atomic mass is 10.1. The maximum atomic E-state index is 12.3. The lowest BCUT2D eigenvalue weighted by Gasteiger charge is -2.29. The number of rotatable bonds is 5. The van der Waals surface area contributed by atoms with Crippen LogP contribution in [0.5, 0.6) is 5.75 Å². The Hall–Kier alpha value is -2.51. The molecule has 0 radical (unpaired) electrons. The van der Waals surface area contributed by atoms with E-state index in [4.69, 9.17) is 4.74 Å². The van der Waals surface area contributed by atoms with Gasteiger partial charge in [0.05, 0.1) is 5.56 Å². The van der Waals surface area contributed by atoms with Crippen LogP contribution in [0.15, 0.2) is 18.2 Å². The van der Waals surface area contributed by atoms with Crippen LogP contribution in [-0.2, 0) is 4.84 Å². The second-order valence-electron chi connectivity index (χ2n) is 4.47. The standard InChI is InChI=1S/C12H15N3O5/c1-13(2)9-3-4-11-10(7-9)12(16)14(8-19-11)5-6-20-15(17)18/h3-4,7H,5-6,8H2,1-2H3. The fourth-order valence-corrected chi connectivity index (χ4v) is 1.86. The molecule has 0 aromatic heterocycles. The molecule has 0 saturated carbocycles. The molecule has 1 aromatic carbocycles. The van der Waals surface area contributed by atoms with Gasteiger partial charge in [0.25, 0.3) is 11.0 Å². The predicted octanol–water partition coefficient (Wildman–Crippen LogP) is 0.753. The first-order valence-electron chi connectivity index (χ1n) is 6.00. The van der Waals surface area contributed by atoms with Crippen molar-refractivity contribution in [2.75, 3.05) is 38.9 Å². The zero-order valence-electron chi connectivity index (χ0n) is 11.2. The second kappa shape index (κ2) is 5.64. The van der Waals surface area contributed by atoms with Crippen LogP contribution in [0.25, 0.3) is 0 Å². The third kappa shape index (κ3) is 2.90. The van der Waals surface area contributed by atoms with Gasteiger partial charge in [-0.05, 0) is 18.2 Å². The van der Waals surface area contributed by atoms with Gasteiger partial charge in [-0.15, -0.1) is 10.1 Å². The molecule has 20 heavy (non-hydrogen) atoms. The summed E-state index contributed by atoms with van der Waals surface area (Å²) in [5.41, 5.74) is 1.33. The molecule has 1 aromatic rings. The number of nitrogens with zero attached hydrogens (tertiary/aromatic N) is 3. The zero-order valence-corrected chi connectivity index (χ0v) is 11.2. The number of fused-ring (bicyclic) bond motifs is 1. The van der Waals surface area contributed by atoms with Crippen molar-refractivity contribution in [1.29, 1.82) is 0 Å². The van der Waals surface area contributed by atoms with Crippen molar-refractivity contribution in [3.63, 3.8) is 0 Å². The summed E-state index contributed by atoms with van der Waals surface area (Å²) < 4.78 is 5.46. The molecule has 2 rings (SSSR count). The highest BCUT2D eigenvalue weighted by molar-refractivity contribution is 5.98. The molecule has 1 amide bonds. The van der Waals surface area contributed by atoms with Gasteiger partial charge in [0.2, 0.25) is 0 Å². The maximum Gasteiger partial charge on any atom is 0.294 e. The molecule has 108 valence electrons. The van der Waals surface area contributed by atoms with Gasteiger partial charge >= 0.3 is 0 Å². The molecule has 0 atom stereocenters. The van der Waals surface area contributed by atoms with Crippen LogP contribution in [0.3, 0.4) is 0 Å². The van der Waals surface area contributed by atoms with E-state index >= 15 is 0 Å². The minimum atomic E-state index is -0.882. The Morgan fingerprint density at radius 2 is 2.25 bits per heavy atom. The normalized spacial score (nSPS) is 13.5. The minimum absolute atomic E-state index is 0.0637. The van der Waals surface area contributed by atoms with Gasteiger partial charge in [-0.3, -0.25) is 4.79 Å². The third-order valence-electron chi connectivity index (χ3n) is 2.93. The van der Waals surface area contributed by atoms with Crippen LogP contribution in [0, 0.1) is 10.1 Å². The molecule has 1 aliphatic heterocycles. The van der Waals surface area contributed by atoms with Crippen molar-refractivity contribution < 1.29 is 19.5 Å². The highest BCUT2D eigenvalue weighted by atomic mass is 16.9. The first-order chi connectivity index (χ1) is 9.49. The van der Waals surface area contributed by atoms with Crippen LogP contribution in [0.4, 0.5) is 5.69 Å². The summed E-state index contributed by atoms with van der Waals surface area (Å²) in [7, 11) is 3.75. The van der Waals surface area contributed by atoms with Crippen molar-refractivity contribution in [2.24, 2.45) is 0 Å². The van der Waals surface area contributed by atoms with E-state index < -0.39 is 5.09 Å². The van der Waals surface area contributed by atoms with Gasteiger partial charge in [-0.25, -0.2) is 0 Å². The topological polar surface area (TPSA) is 85.2 Å². The quantitative estimate of drug-likeness (QED) is 0.585. The van der Waals surface area contributed by atoms with Crippen LogP contribution in [0.2, 0.25) is 0 Å². The van der Waals surface area contributed by atoms with E-state index in [9.17, 15) is 14.9 Å². The molecule has 1 aliphatic rings. The summed E-state index contributed by atoms with van der Waals surface area (Å²) in [5.74, 6) is 0.300. The number of carbonyl (C=O) groups excluding carboxylic acids is 1. The molecular weight excluding hydrogens is 266 g/mol. The van der Waals surface area contributed by atoms with E-state index in [1.165, 1.54) is 4.90 Å². The van der Waals surface area contributed by atoms with Crippen molar-refractivity contribution in [1.82, 2.24) is 4.90 Å². The van der Waals surface area contributed by atoms with Crippen molar-refractivity contribution in [3.05, 3.63) is 33.9 Å². The Labute approximate surface area is 115 Å². The highest BCUT2D eigenvalue weighted by Gasteiger charge is 2.26. The Morgan fingerprint density at radius 3 is 2.90 bits per heavy atom. The third-order valence-corrected chi connectivity index (χ3v) is 2.93. The summed E-state index contributed by atoms with van der Waals surface area (Å²) in [4.78, 5) is 29.8. The van der Waals surface area contributed by atoms with Gasteiger partial charge in [-0.1, -0.05) is 0 Å². The fraction of sp³-hybridized carbons (Fsp3) is 0.417. The van der Waals surface area contributed by atoms with Gasteiger partial charge in [0.1, 0.15) is 12.4 Å². The second-order valence-corrected chi connectivity index (χ2v) is 4.47. The van der Waals surface area contributed by atoms with E-state index in [1.54, 1.807) is 12.1 Å². The van der Waals surface area contributed by atoms with Gasteiger partial charge < -0.3 is 19.4 Å². The smallest absolute Gasteiger partial charge is 0.294 e. The molecular formula is C12H15N3O5. The number of anilines is 1. The van der Waals surface area contributed by atoms with E-state index in [2.05, 4.69) is 4.84 Å². The highest BCUT2D eigenvalue weighted by Crippen LogP contribution is 2.28. The summed E-state index contributed by atoms with van der Waals surface area (Å²) in [5, 5.41) is 9.20. The van der Waals surface area contributed by atoms with Crippen LogP contribution in [0.1, 0.15) is 10.4 Å². The Kier molecular flexibility index (Phi) is 3.92. The largest absolute Gasteiger partial charge is 0.472 e. The summed E-state index contributed by atoms with van der Waals surface area (Å²) in [6.07, 6.45) is 0. The lowest BCUT2D eigenvalue weighted by molar-refractivity contribution is -0.757. The van der Waals surface area contributed by atoms with E-state index in [0.29, 0.717) is 11.3 Å². The molecule has 1 heterocycles. The number of amides is 1. The SMILES string of the molecule is CN(C)c1ccc2c(c1)C(=O)N(CCO[N+](=O)[O-])CO2. The Balaban J connectivity index is 2.11. The average molecular weight is 281 g/mol. The lowest BCUT2D eigenvalue weighted by Crippen LogP contribution is -2.40. The number of hydrogen-bond donors (Lipinski definition) is 0. The van der Waals surface area contributed by atoms with Crippen molar-refractivity contribution >= 4 is 11.6 Å². The van der Waals surface area contributed by atoms with Gasteiger partial charge in [0, 0.05) is 26.3 Å².